The molecule has 4 nitrogen and oxygen atoms in total. The van der Waals surface area contributed by atoms with Crippen molar-refractivity contribution in [2.75, 3.05) is 25.1 Å². The normalized spacial score (nSPS) is 18.9. The summed E-state index contributed by atoms with van der Waals surface area (Å²) in [6.07, 6.45) is 3.31. The number of ether oxygens (including phenoxy) is 1. The number of aromatic nitrogens is 1. The van der Waals surface area contributed by atoms with Crippen LogP contribution in [-0.2, 0) is 11.3 Å². The molecule has 0 aliphatic carbocycles. The average Bonchev–Trinajstić information content (AvgIpc) is 2.71. The van der Waals surface area contributed by atoms with Gasteiger partial charge in [0, 0.05) is 20.2 Å². The molecule has 1 aromatic heterocycles. The van der Waals surface area contributed by atoms with Crippen LogP contribution in [-0.4, -0.2) is 31.5 Å². The summed E-state index contributed by atoms with van der Waals surface area (Å²) in [5.41, 5.74) is 1.09. The fourth-order valence-electron chi connectivity index (χ4n) is 2.40. The largest absolute Gasteiger partial charge is 0.378 e. The molecule has 1 aliphatic rings. The molecule has 0 saturated carbocycles. The van der Waals surface area contributed by atoms with Gasteiger partial charge in [-0.2, -0.15) is 0 Å². The summed E-state index contributed by atoms with van der Waals surface area (Å²) in [6, 6.07) is 0. The number of rotatable bonds is 4. The lowest BCUT2D eigenvalue weighted by Gasteiger charge is -2.37. The van der Waals surface area contributed by atoms with Crippen LogP contribution < -0.4 is 4.90 Å². The zero-order chi connectivity index (χ0) is 13.2. The number of hydrogen-bond acceptors (Lipinski definition) is 5. The van der Waals surface area contributed by atoms with Gasteiger partial charge in [-0.1, -0.05) is 25.2 Å². The second-order valence-electron chi connectivity index (χ2n) is 5.55. The third-order valence-electron chi connectivity index (χ3n) is 3.28. The van der Waals surface area contributed by atoms with Crippen molar-refractivity contribution in [3.8, 4) is 0 Å². The predicted molar refractivity (Wildman–Crippen MR) is 73.4 cm³/mol. The second-order valence-corrected chi connectivity index (χ2v) is 6.56. The van der Waals surface area contributed by atoms with Crippen molar-refractivity contribution in [1.29, 1.82) is 0 Å². The Balaban J connectivity index is 2.20. The summed E-state index contributed by atoms with van der Waals surface area (Å²) in [5.74, 6) is 0. The molecule has 1 fully saturated rings. The minimum Gasteiger partial charge on any atom is -0.378 e. The van der Waals surface area contributed by atoms with Crippen molar-refractivity contribution in [2.45, 2.75) is 33.3 Å². The maximum Gasteiger partial charge on any atom is 0.186 e. The lowest BCUT2D eigenvalue weighted by atomic mass is 9.84. The number of nitrogens with zero attached hydrogens (tertiary/aromatic N) is 2. The quantitative estimate of drug-likeness (QED) is 0.787. The standard InChI is InChI=1S/C13H20N2O2S/c1-13(2)5-4-6-15(9-13)12-14-10(8-17-3)11(7-16)18-12/h7H,4-6,8-9H2,1-3H3. The molecule has 1 aromatic rings. The van der Waals surface area contributed by atoms with Crippen molar-refractivity contribution in [3.05, 3.63) is 10.6 Å². The molecule has 0 aromatic carbocycles. The van der Waals surface area contributed by atoms with E-state index in [0.29, 0.717) is 16.9 Å². The van der Waals surface area contributed by atoms with Gasteiger partial charge in [-0.3, -0.25) is 4.79 Å². The van der Waals surface area contributed by atoms with Gasteiger partial charge in [-0.25, -0.2) is 4.98 Å². The predicted octanol–water partition coefficient (Wildman–Crippen LogP) is 2.73. The summed E-state index contributed by atoms with van der Waals surface area (Å²) in [5, 5.41) is 0.955. The monoisotopic (exact) mass is 268 g/mol. The van der Waals surface area contributed by atoms with Gasteiger partial charge in [-0.05, 0) is 18.3 Å². The number of piperidine rings is 1. The Morgan fingerprint density at radius 1 is 1.56 bits per heavy atom. The number of carbonyl (C=O) groups excluding carboxylic acids is 1. The number of carbonyl (C=O) groups is 1. The first-order valence-corrected chi connectivity index (χ1v) is 7.06. The van der Waals surface area contributed by atoms with Gasteiger partial charge in [0.25, 0.3) is 0 Å². The molecule has 0 atom stereocenters. The molecule has 2 rings (SSSR count). The summed E-state index contributed by atoms with van der Waals surface area (Å²) < 4.78 is 5.08. The minimum absolute atomic E-state index is 0.326. The molecule has 1 saturated heterocycles. The van der Waals surface area contributed by atoms with Crippen LogP contribution in [0.15, 0.2) is 0 Å². The van der Waals surface area contributed by atoms with Gasteiger partial charge in [0.05, 0.1) is 17.2 Å². The molecule has 0 radical (unpaired) electrons. The van der Waals surface area contributed by atoms with Gasteiger partial charge >= 0.3 is 0 Å². The maximum absolute atomic E-state index is 11.0. The fourth-order valence-corrected chi connectivity index (χ4v) is 3.31. The Labute approximate surface area is 112 Å². The lowest BCUT2D eigenvalue weighted by molar-refractivity contribution is 0.112. The third kappa shape index (κ3) is 2.90. The summed E-state index contributed by atoms with van der Waals surface area (Å²) in [7, 11) is 1.62. The van der Waals surface area contributed by atoms with E-state index in [-0.39, 0.29) is 0 Å². The SMILES string of the molecule is COCc1nc(N2CCCC(C)(C)C2)sc1C=O. The Morgan fingerprint density at radius 2 is 2.33 bits per heavy atom. The van der Waals surface area contributed by atoms with Gasteiger partial charge in [0.15, 0.2) is 11.4 Å². The van der Waals surface area contributed by atoms with Crippen LogP contribution in [0.4, 0.5) is 5.13 Å². The molecule has 0 N–H and O–H groups in total. The summed E-state index contributed by atoms with van der Waals surface area (Å²) in [6.45, 7) is 7.00. The first-order chi connectivity index (χ1) is 8.55. The van der Waals surface area contributed by atoms with Crippen LogP contribution in [0.3, 0.4) is 0 Å². The first kappa shape index (κ1) is 13.5. The van der Waals surface area contributed by atoms with Gasteiger partial charge < -0.3 is 9.64 Å². The molecule has 0 amide bonds. The zero-order valence-corrected chi connectivity index (χ0v) is 12.0. The van der Waals surface area contributed by atoms with E-state index >= 15 is 0 Å². The highest BCUT2D eigenvalue weighted by molar-refractivity contribution is 7.17. The van der Waals surface area contributed by atoms with Crippen molar-refractivity contribution < 1.29 is 9.53 Å². The van der Waals surface area contributed by atoms with Crippen LogP contribution in [0.1, 0.15) is 42.1 Å². The van der Waals surface area contributed by atoms with Crippen LogP contribution in [0.5, 0.6) is 0 Å². The molecule has 0 unspecified atom stereocenters. The Morgan fingerprint density at radius 3 is 2.94 bits per heavy atom. The number of aldehydes is 1. The summed E-state index contributed by atoms with van der Waals surface area (Å²) >= 11 is 1.47. The molecule has 0 bridgehead atoms. The van der Waals surface area contributed by atoms with E-state index in [2.05, 4.69) is 23.7 Å². The smallest absolute Gasteiger partial charge is 0.186 e. The summed E-state index contributed by atoms with van der Waals surface area (Å²) in [4.78, 5) is 18.6. The molecule has 5 heteroatoms. The average molecular weight is 268 g/mol. The third-order valence-corrected chi connectivity index (χ3v) is 4.36. The van der Waals surface area contributed by atoms with Crippen molar-refractivity contribution >= 4 is 22.8 Å². The Kier molecular flexibility index (Phi) is 4.02. The number of anilines is 1. The highest BCUT2D eigenvalue weighted by atomic mass is 32.1. The second kappa shape index (κ2) is 5.36. The van der Waals surface area contributed by atoms with E-state index < -0.39 is 0 Å². The van der Waals surface area contributed by atoms with E-state index in [0.717, 1.165) is 30.2 Å². The Bertz CT molecular complexity index is 429. The zero-order valence-electron chi connectivity index (χ0n) is 11.2. The highest BCUT2D eigenvalue weighted by Gasteiger charge is 2.28. The fraction of sp³-hybridized carbons (Fsp3) is 0.692. The molecule has 1 aliphatic heterocycles. The highest BCUT2D eigenvalue weighted by Crippen LogP contribution is 2.34. The molecular formula is C13H20N2O2S. The number of hydrogen-bond donors (Lipinski definition) is 0. The van der Waals surface area contributed by atoms with Gasteiger partial charge in [-0.15, -0.1) is 0 Å². The molecular weight excluding hydrogens is 248 g/mol. The molecule has 18 heavy (non-hydrogen) atoms. The minimum atomic E-state index is 0.326. The number of thiazole rings is 1. The van der Waals surface area contributed by atoms with Crippen molar-refractivity contribution in [2.24, 2.45) is 5.41 Å². The first-order valence-electron chi connectivity index (χ1n) is 6.24. The lowest BCUT2D eigenvalue weighted by Crippen LogP contribution is -2.40. The van der Waals surface area contributed by atoms with Gasteiger partial charge in [0.1, 0.15) is 0 Å². The molecule has 2 heterocycles. The van der Waals surface area contributed by atoms with Gasteiger partial charge in [0.2, 0.25) is 0 Å². The van der Waals surface area contributed by atoms with Crippen LogP contribution in [0, 0.1) is 5.41 Å². The molecule has 100 valence electrons. The van der Waals surface area contributed by atoms with E-state index in [1.165, 1.54) is 24.2 Å². The molecule has 0 spiro atoms. The maximum atomic E-state index is 11.0. The topological polar surface area (TPSA) is 42.4 Å². The van der Waals surface area contributed by atoms with Crippen molar-refractivity contribution in [3.63, 3.8) is 0 Å². The van der Waals surface area contributed by atoms with E-state index in [9.17, 15) is 4.79 Å². The van der Waals surface area contributed by atoms with Crippen LogP contribution in [0.2, 0.25) is 0 Å². The van der Waals surface area contributed by atoms with Crippen molar-refractivity contribution in [1.82, 2.24) is 4.98 Å². The van der Waals surface area contributed by atoms with Crippen LogP contribution >= 0.6 is 11.3 Å². The Hall–Kier alpha value is -0.940. The van der Waals surface area contributed by atoms with E-state index in [1.54, 1.807) is 7.11 Å². The van der Waals surface area contributed by atoms with E-state index in [1.807, 2.05) is 0 Å². The number of methoxy groups -OCH3 is 1. The van der Waals surface area contributed by atoms with E-state index in [4.69, 9.17) is 4.74 Å². The van der Waals surface area contributed by atoms with Crippen LogP contribution in [0.25, 0.3) is 0 Å².